The van der Waals surface area contributed by atoms with Gasteiger partial charge in [0, 0.05) is 25.3 Å². The summed E-state index contributed by atoms with van der Waals surface area (Å²) in [5, 5.41) is 11.1. The lowest BCUT2D eigenvalue weighted by Gasteiger charge is -2.25. The standard InChI is InChI=1S/C21H22F4N4O4/c1-8-5-28(7-12(8)27-20(33)21(23,24)25)17-9(2)16-13(15(26)14(17)22)18(30)11(19(31)32)6-29(16)10-3-4-10/h6,8,10,12H,3-5,7,26H2,1-2H3,(H,27,33)(H,31,32)/t8-,12+/m0/s1. The number of alkyl halides is 3. The lowest BCUT2D eigenvalue weighted by atomic mass is 10.0. The first-order valence-electron chi connectivity index (χ1n) is 10.3. The number of aromatic carboxylic acids is 1. The molecule has 4 rings (SSSR count). The van der Waals surface area contributed by atoms with Crippen molar-refractivity contribution in [3.63, 3.8) is 0 Å². The largest absolute Gasteiger partial charge is 0.477 e. The van der Waals surface area contributed by atoms with Gasteiger partial charge in [0.2, 0.25) is 5.43 Å². The van der Waals surface area contributed by atoms with Gasteiger partial charge in [0.15, 0.2) is 5.82 Å². The Morgan fingerprint density at radius 2 is 1.88 bits per heavy atom. The SMILES string of the molecule is Cc1c(N2C[C@H](C)[C@H](NC(=O)C(F)(F)F)C2)c(F)c(N)c2c(=O)c(C(=O)O)cn(C3CC3)c12. The van der Waals surface area contributed by atoms with E-state index >= 15 is 4.39 Å². The maximum absolute atomic E-state index is 15.5. The van der Waals surface area contributed by atoms with Gasteiger partial charge in [-0.05, 0) is 31.2 Å². The summed E-state index contributed by atoms with van der Waals surface area (Å²) in [6.45, 7) is 3.25. The van der Waals surface area contributed by atoms with E-state index in [1.54, 1.807) is 18.4 Å². The number of carboxylic acid groups (broad SMARTS) is 1. The topological polar surface area (TPSA) is 118 Å². The van der Waals surface area contributed by atoms with E-state index in [1.807, 2.05) is 5.32 Å². The number of aromatic nitrogens is 1. The molecule has 2 aliphatic rings. The number of nitrogens with two attached hydrogens (primary N) is 1. The molecule has 4 N–H and O–H groups in total. The van der Waals surface area contributed by atoms with Crippen molar-refractivity contribution >= 4 is 34.2 Å². The van der Waals surface area contributed by atoms with Gasteiger partial charge in [0.25, 0.3) is 0 Å². The number of rotatable bonds is 4. The Labute approximate surface area is 185 Å². The Hall–Kier alpha value is -3.31. The summed E-state index contributed by atoms with van der Waals surface area (Å²) in [4.78, 5) is 37.3. The van der Waals surface area contributed by atoms with E-state index in [1.165, 1.54) is 11.1 Å². The third kappa shape index (κ3) is 3.76. The summed E-state index contributed by atoms with van der Waals surface area (Å²) in [5.74, 6) is -4.89. The van der Waals surface area contributed by atoms with Gasteiger partial charge in [-0.25, -0.2) is 9.18 Å². The first-order chi connectivity index (χ1) is 15.3. The number of fused-ring (bicyclic) bond motifs is 1. The molecule has 1 aliphatic carbocycles. The van der Waals surface area contributed by atoms with E-state index in [4.69, 9.17) is 5.73 Å². The molecule has 0 bridgehead atoms. The van der Waals surface area contributed by atoms with E-state index in [0.29, 0.717) is 11.1 Å². The second kappa shape index (κ2) is 7.63. The predicted octanol–water partition coefficient (Wildman–Crippen LogP) is 2.57. The minimum absolute atomic E-state index is 0.0208. The number of hydrogen-bond donors (Lipinski definition) is 3. The van der Waals surface area contributed by atoms with E-state index < -0.39 is 52.5 Å². The molecular weight excluding hydrogens is 448 g/mol. The van der Waals surface area contributed by atoms with Crippen LogP contribution in [0, 0.1) is 18.7 Å². The molecule has 2 fully saturated rings. The van der Waals surface area contributed by atoms with Crippen LogP contribution < -0.4 is 21.4 Å². The molecule has 8 nitrogen and oxygen atoms in total. The molecule has 33 heavy (non-hydrogen) atoms. The number of halogens is 4. The van der Waals surface area contributed by atoms with Crippen molar-refractivity contribution in [1.29, 1.82) is 0 Å². The van der Waals surface area contributed by atoms with E-state index in [0.717, 1.165) is 12.8 Å². The highest BCUT2D eigenvalue weighted by Gasteiger charge is 2.43. The lowest BCUT2D eigenvalue weighted by molar-refractivity contribution is -0.174. The molecule has 0 radical (unpaired) electrons. The zero-order chi connectivity index (χ0) is 24.4. The van der Waals surface area contributed by atoms with E-state index in [-0.39, 0.29) is 30.2 Å². The zero-order valence-corrected chi connectivity index (χ0v) is 17.8. The fourth-order valence-electron chi connectivity index (χ4n) is 4.54. The van der Waals surface area contributed by atoms with Crippen LogP contribution in [0.5, 0.6) is 0 Å². The van der Waals surface area contributed by atoms with Crippen LogP contribution in [-0.4, -0.2) is 46.9 Å². The summed E-state index contributed by atoms with van der Waals surface area (Å²) in [7, 11) is 0. The quantitative estimate of drug-likeness (QED) is 0.467. The van der Waals surface area contributed by atoms with E-state index in [9.17, 15) is 32.7 Å². The number of anilines is 2. The number of amides is 1. The predicted molar refractivity (Wildman–Crippen MR) is 112 cm³/mol. The average Bonchev–Trinajstić information content (AvgIpc) is 3.49. The van der Waals surface area contributed by atoms with Gasteiger partial charge in [-0.15, -0.1) is 0 Å². The highest BCUT2D eigenvalue weighted by atomic mass is 19.4. The number of nitrogen functional groups attached to an aromatic ring is 1. The Kier molecular flexibility index (Phi) is 5.29. The van der Waals surface area contributed by atoms with Crippen molar-refractivity contribution in [3.8, 4) is 0 Å². The number of carbonyl (C=O) groups is 2. The number of nitrogens with one attached hydrogen (secondary N) is 1. The normalized spacial score (nSPS) is 21.0. The molecule has 2 heterocycles. The number of carbonyl (C=O) groups excluding carboxylic acids is 1. The smallest absolute Gasteiger partial charge is 0.471 e. The lowest BCUT2D eigenvalue weighted by Crippen LogP contribution is -2.46. The molecule has 1 saturated heterocycles. The molecule has 0 unspecified atom stereocenters. The zero-order valence-electron chi connectivity index (χ0n) is 17.8. The molecule has 2 atom stereocenters. The van der Waals surface area contributed by atoms with Gasteiger partial charge < -0.3 is 25.6 Å². The summed E-state index contributed by atoms with van der Waals surface area (Å²) < 4.78 is 55.2. The Balaban J connectivity index is 1.84. The minimum atomic E-state index is -5.04. The van der Waals surface area contributed by atoms with Gasteiger partial charge >= 0.3 is 18.1 Å². The van der Waals surface area contributed by atoms with Gasteiger partial charge in [0.1, 0.15) is 5.56 Å². The first-order valence-corrected chi connectivity index (χ1v) is 10.3. The number of carboxylic acids is 1. The molecular formula is C21H22F4N4O4. The van der Waals surface area contributed by atoms with Crippen molar-refractivity contribution in [3.05, 3.63) is 33.4 Å². The molecule has 1 aliphatic heterocycles. The number of benzene rings is 1. The molecule has 178 valence electrons. The maximum Gasteiger partial charge on any atom is 0.471 e. The highest BCUT2D eigenvalue weighted by molar-refractivity contribution is 6.01. The molecule has 1 saturated carbocycles. The molecule has 2 aromatic rings. The summed E-state index contributed by atoms with van der Waals surface area (Å²) in [6, 6.07) is -0.950. The van der Waals surface area contributed by atoms with Crippen molar-refractivity contribution in [1.82, 2.24) is 9.88 Å². The molecule has 1 amide bonds. The number of hydrogen-bond acceptors (Lipinski definition) is 5. The van der Waals surface area contributed by atoms with Crippen molar-refractivity contribution in [2.24, 2.45) is 5.92 Å². The first kappa shape index (κ1) is 22.9. The van der Waals surface area contributed by atoms with Crippen LogP contribution in [0.3, 0.4) is 0 Å². The second-order valence-corrected chi connectivity index (χ2v) is 8.70. The number of aryl methyl sites for hydroxylation is 1. The highest BCUT2D eigenvalue weighted by Crippen LogP contribution is 2.42. The van der Waals surface area contributed by atoms with Crippen molar-refractivity contribution < 1.29 is 32.3 Å². The fourth-order valence-corrected chi connectivity index (χ4v) is 4.54. The monoisotopic (exact) mass is 470 g/mol. The van der Waals surface area contributed by atoms with Gasteiger partial charge in [0.05, 0.1) is 28.3 Å². The molecule has 0 spiro atoms. The molecule has 1 aromatic heterocycles. The minimum Gasteiger partial charge on any atom is -0.477 e. The summed E-state index contributed by atoms with van der Waals surface area (Å²) >= 11 is 0. The summed E-state index contributed by atoms with van der Waals surface area (Å²) in [5.41, 5.74) is 4.72. The Morgan fingerprint density at radius 1 is 1.24 bits per heavy atom. The number of pyridine rings is 1. The Bertz CT molecular complexity index is 1240. The van der Waals surface area contributed by atoms with Crippen molar-refractivity contribution in [2.45, 2.75) is 44.9 Å². The average molecular weight is 470 g/mol. The van der Waals surface area contributed by atoms with Crippen LogP contribution in [0.4, 0.5) is 28.9 Å². The van der Waals surface area contributed by atoms with Crippen LogP contribution in [0.2, 0.25) is 0 Å². The molecule has 12 heteroatoms. The van der Waals surface area contributed by atoms with Gasteiger partial charge in [-0.3, -0.25) is 9.59 Å². The third-order valence-corrected chi connectivity index (χ3v) is 6.33. The van der Waals surface area contributed by atoms with Gasteiger partial charge in [-0.1, -0.05) is 6.92 Å². The van der Waals surface area contributed by atoms with Crippen molar-refractivity contribution in [2.75, 3.05) is 23.7 Å². The van der Waals surface area contributed by atoms with Gasteiger partial charge in [-0.2, -0.15) is 13.2 Å². The van der Waals surface area contributed by atoms with Crippen LogP contribution in [0.25, 0.3) is 10.9 Å². The molecule has 1 aromatic carbocycles. The van der Waals surface area contributed by atoms with Crippen LogP contribution in [0.15, 0.2) is 11.0 Å². The Morgan fingerprint density at radius 3 is 2.42 bits per heavy atom. The third-order valence-electron chi connectivity index (χ3n) is 6.33. The van der Waals surface area contributed by atoms with E-state index in [2.05, 4.69) is 0 Å². The fraction of sp³-hybridized carbons (Fsp3) is 0.476. The van der Waals surface area contributed by atoms with Crippen LogP contribution >= 0.6 is 0 Å². The summed E-state index contributed by atoms with van der Waals surface area (Å²) in [6.07, 6.45) is -2.31. The van der Waals surface area contributed by atoms with Crippen LogP contribution in [-0.2, 0) is 4.79 Å². The number of nitrogens with zero attached hydrogens (tertiary/aromatic N) is 2. The maximum atomic E-state index is 15.5. The van der Waals surface area contributed by atoms with Crippen LogP contribution in [0.1, 0.15) is 41.7 Å². The second-order valence-electron chi connectivity index (χ2n) is 8.70.